The van der Waals surface area contributed by atoms with E-state index in [1.807, 2.05) is 97.2 Å². The monoisotopic (exact) mass is 673 g/mol. The van der Waals surface area contributed by atoms with Crippen molar-refractivity contribution in [2.24, 2.45) is 0 Å². The van der Waals surface area contributed by atoms with Gasteiger partial charge >= 0.3 is 0 Å². The third kappa shape index (κ3) is 8.49. The molecule has 1 N–H and O–H groups in total. The first-order valence-electron chi connectivity index (χ1n) is 16.7. The molecule has 6 nitrogen and oxygen atoms in total. The van der Waals surface area contributed by atoms with Crippen molar-refractivity contribution in [3.63, 3.8) is 0 Å². The van der Waals surface area contributed by atoms with Crippen LogP contribution in [0.1, 0.15) is 33.9 Å². The summed E-state index contributed by atoms with van der Waals surface area (Å²) in [6.45, 7) is 1.90. The Labute approximate surface area is 292 Å². The van der Waals surface area contributed by atoms with Gasteiger partial charge in [-0.25, -0.2) is 0 Å². The largest absolute Gasteiger partial charge is 0.374 e. The Balaban J connectivity index is 1.26. The van der Waals surface area contributed by atoms with Crippen molar-refractivity contribution in [2.45, 2.75) is 56.9 Å². The Hall–Kier alpha value is -4.27. The van der Waals surface area contributed by atoms with E-state index in [4.69, 9.17) is 35.3 Å². The summed E-state index contributed by atoms with van der Waals surface area (Å²) in [6.07, 6.45) is -0.505. The van der Waals surface area contributed by atoms with Gasteiger partial charge in [0.25, 0.3) is 0 Å². The van der Waals surface area contributed by atoms with E-state index in [9.17, 15) is 0 Å². The molecule has 7 heteroatoms. The van der Waals surface area contributed by atoms with Crippen LogP contribution in [-0.4, -0.2) is 36.0 Å². The highest BCUT2D eigenvalue weighted by Gasteiger charge is 2.49. The Morgan fingerprint density at radius 2 is 1.04 bits per heavy atom. The van der Waals surface area contributed by atoms with Crippen LogP contribution in [0.25, 0.3) is 10.9 Å². The van der Waals surface area contributed by atoms with Crippen LogP contribution in [0.2, 0.25) is 5.02 Å². The number of halogens is 1. The van der Waals surface area contributed by atoms with Gasteiger partial charge in [0.2, 0.25) is 0 Å². The van der Waals surface area contributed by atoms with Crippen molar-refractivity contribution in [1.29, 1.82) is 0 Å². The standard InChI is InChI=1S/C42H40ClNO5/c43-34-21-22-35-36(24-44-37(35)23-34)39-41(47-27-32-17-9-3-10-18-32)42(48-28-33-19-11-4-12-20-33)40(46-26-31-15-7-2-8-16-31)38(49-39)29-45-25-30-13-5-1-6-14-30/h1-24,38-42,44H,25-29H2/t38-,39+,40-,41+,42+/m1/s1. The zero-order valence-corrected chi connectivity index (χ0v) is 28.0. The van der Waals surface area contributed by atoms with E-state index in [0.717, 1.165) is 38.7 Å². The fraction of sp³-hybridized carbons (Fsp3) is 0.238. The molecule has 1 aromatic heterocycles. The number of H-pyrrole nitrogens is 1. The number of benzene rings is 5. The van der Waals surface area contributed by atoms with Crippen LogP contribution in [0.5, 0.6) is 0 Å². The van der Waals surface area contributed by atoms with Crippen LogP contribution < -0.4 is 0 Å². The summed E-state index contributed by atoms with van der Waals surface area (Å²) in [5.41, 5.74) is 6.16. The minimum absolute atomic E-state index is 0.301. The number of aromatic nitrogens is 1. The summed E-state index contributed by atoms with van der Waals surface area (Å²) < 4.78 is 34.0. The summed E-state index contributed by atoms with van der Waals surface area (Å²) in [6, 6.07) is 46.6. The average molecular weight is 674 g/mol. The van der Waals surface area contributed by atoms with Crippen molar-refractivity contribution in [2.75, 3.05) is 6.61 Å². The number of ether oxygens (including phenoxy) is 5. The maximum atomic E-state index is 7.08. The molecule has 49 heavy (non-hydrogen) atoms. The Morgan fingerprint density at radius 1 is 0.551 bits per heavy atom. The topological polar surface area (TPSA) is 61.9 Å². The quantitative estimate of drug-likeness (QED) is 0.125. The van der Waals surface area contributed by atoms with E-state index in [1.54, 1.807) is 0 Å². The number of rotatable bonds is 14. The van der Waals surface area contributed by atoms with Gasteiger partial charge in [-0.2, -0.15) is 0 Å². The Kier molecular flexibility index (Phi) is 11.1. The summed E-state index contributed by atoms with van der Waals surface area (Å²) >= 11 is 6.39. The fourth-order valence-corrected chi connectivity index (χ4v) is 6.57. The van der Waals surface area contributed by atoms with Crippen LogP contribution >= 0.6 is 11.6 Å². The lowest BCUT2D eigenvalue weighted by atomic mass is 9.90. The van der Waals surface area contributed by atoms with Crippen LogP contribution in [0.15, 0.2) is 146 Å². The van der Waals surface area contributed by atoms with Crippen molar-refractivity contribution in [3.8, 4) is 0 Å². The van der Waals surface area contributed by atoms with Gasteiger partial charge in [0, 0.05) is 27.7 Å². The van der Waals surface area contributed by atoms with Gasteiger partial charge in [-0.05, 0) is 34.4 Å². The first-order valence-corrected chi connectivity index (χ1v) is 17.1. The molecule has 0 unspecified atom stereocenters. The zero-order valence-electron chi connectivity index (χ0n) is 27.2. The molecule has 5 atom stereocenters. The first kappa shape index (κ1) is 33.2. The SMILES string of the molecule is Clc1ccc2c([C@@H]3O[C@H](COCc4ccccc4)[C@@H](OCc4ccccc4)[C@H](OCc4ccccc4)[C@H]3OCc3ccccc3)c[nH]c2c1. The fourth-order valence-electron chi connectivity index (χ4n) is 6.40. The molecule has 2 heterocycles. The third-order valence-electron chi connectivity index (χ3n) is 8.87. The predicted octanol–water partition coefficient (Wildman–Crippen LogP) is 9.23. The number of hydrogen-bond donors (Lipinski definition) is 1. The number of aromatic amines is 1. The van der Waals surface area contributed by atoms with Gasteiger partial charge in [-0.1, -0.05) is 139 Å². The minimum atomic E-state index is -0.523. The van der Waals surface area contributed by atoms with Gasteiger partial charge < -0.3 is 28.7 Å². The molecule has 0 bridgehead atoms. The summed E-state index contributed by atoms with van der Waals surface area (Å²) in [7, 11) is 0. The Morgan fingerprint density at radius 3 is 1.59 bits per heavy atom. The lowest BCUT2D eigenvalue weighted by Crippen LogP contribution is -2.58. The molecule has 1 aliphatic heterocycles. The molecule has 1 aliphatic rings. The summed E-state index contributed by atoms with van der Waals surface area (Å²) in [4.78, 5) is 3.41. The Bertz CT molecular complexity index is 1870. The van der Waals surface area contributed by atoms with Crippen molar-refractivity contribution >= 4 is 22.5 Å². The van der Waals surface area contributed by atoms with Gasteiger partial charge in [0.05, 0.1) is 33.0 Å². The highest BCUT2D eigenvalue weighted by molar-refractivity contribution is 6.31. The smallest absolute Gasteiger partial charge is 0.117 e. The highest BCUT2D eigenvalue weighted by Crippen LogP contribution is 2.41. The van der Waals surface area contributed by atoms with Gasteiger partial charge in [0.15, 0.2) is 0 Å². The second kappa shape index (κ2) is 16.4. The molecule has 0 aliphatic carbocycles. The predicted molar refractivity (Wildman–Crippen MR) is 192 cm³/mol. The second-order valence-electron chi connectivity index (χ2n) is 12.3. The first-order chi connectivity index (χ1) is 24.2. The van der Waals surface area contributed by atoms with Gasteiger partial charge in [-0.15, -0.1) is 0 Å². The van der Waals surface area contributed by atoms with E-state index in [-0.39, 0.29) is 0 Å². The molecule has 6 aromatic rings. The molecule has 250 valence electrons. The van der Waals surface area contributed by atoms with Crippen LogP contribution in [-0.2, 0) is 50.1 Å². The minimum Gasteiger partial charge on any atom is -0.374 e. The molecule has 1 fully saturated rings. The molecule has 7 rings (SSSR count). The average Bonchev–Trinajstić information content (AvgIpc) is 3.57. The van der Waals surface area contributed by atoms with E-state index in [2.05, 4.69) is 53.5 Å². The van der Waals surface area contributed by atoms with E-state index < -0.39 is 30.5 Å². The molecule has 0 amide bonds. The van der Waals surface area contributed by atoms with Crippen LogP contribution in [0.3, 0.4) is 0 Å². The van der Waals surface area contributed by atoms with E-state index >= 15 is 0 Å². The van der Waals surface area contributed by atoms with Crippen LogP contribution in [0, 0.1) is 0 Å². The lowest BCUT2D eigenvalue weighted by molar-refractivity contribution is -0.274. The van der Waals surface area contributed by atoms with Crippen LogP contribution in [0.4, 0.5) is 0 Å². The van der Waals surface area contributed by atoms with Crippen molar-refractivity contribution < 1.29 is 23.7 Å². The summed E-state index contributed by atoms with van der Waals surface area (Å²) in [5, 5.41) is 1.67. The maximum Gasteiger partial charge on any atom is 0.117 e. The molecule has 0 radical (unpaired) electrons. The highest BCUT2D eigenvalue weighted by atomic mass is 35.5. The molecular weight excluding hydrogens is 634 g/mol. The molecule has 0 spiro atoms. The van der Waals surface area contributed by atoms with Crippen molar-refractivity contribution in [1.82, 2.24) is 4.98 Å². The molecular formula is C42H40ClNO5. The number of hydrogen-bond acceptors (Lipinski definition) is 5. The van der Waals surface area contributed by atoms with Gasteiger partial charge in [-0.3, -0.25) is 0 Å². The van der Waals surface area contributed by atoms with E-state index in [0.29, 0.717) is 38.1 Å². The summed E-state index contributed by atoms with van der Waals surface area (Å²) in [5.74, 6) is 0. The van der Waals surface area contributed by atoms with Gasteiger partial charge in [0.1, 0.15) is 30.5 Å². The molecule has 1 saturated heterocycles. The zero-order chi connectivity index (χ0) is 33.3. The number of fused-ring (bicyclic) bond motifs is 1. The maximum absolute atomic E-state index is 7.08. The van der Waals surface area contributed by atoms with E-state index in [1.165, 1.54) is 0 Å². The normalized spacial score (nSPS) is 20.8. The molecule has 0 saturated carbocycles. The third-order valence-corrected chi connectivity index (χ3v) is 9.10. The molecule has 5 aromatic carbocycles. The van der Waals surface area contributed by atoms with Crippen molar-refractivity contribution in [3.05, 3.63) is 179 Å². The second-order valence-corrected chi connectivity index (χ2v) is 12.7. The number of nitrogens with one attached hydrogen (secondary N) is 1. The lowest BCUT2D eigenvalue weighted by Gasteiger charge is -2.46.